The van der Waals surface area contributed by atoms with Gasteiger partial charge < -0.3 is 24.4 Å². The summed E-state index contributed by atoms with van der Waals surface area (Å²) in [5.41, 5.74) is 4.41. The van der Waals surface area contributed by atoms with E-state index in [0.717, 1.165) is 25.1 Å². The van der Waals surface area contributed by atoms with E-state index < -0.39 is 24.3 Å². The number of carbonyl (C=O) groups is 3. The molecule has 200 valence electrons. The summed E-state index contributed by atoms with van der Waals surface area (Å²) in [7, 11) is 4.11. The number of carbonyl (C=O) groups excluding carboxylic acids is 1. The molecule has 15 heteroatoms. The monoisotopic (exact) mass is 527 g/mol. The minimum absolute atomic E-state index is 0.0370. The molecule has 0 atom stereocenters. The maximum atomic E-state index is 12.6. The van der Waals surface area contributed by atoms with Crippen LogP contribution < -0.4 is 0 Å². The fraction of sp³-hybridized carbons (Fsp3) is 0.429. The highest BCUT2D eigenvalue weighted by Crippen LogP contribution is 2.24. The SMILES string of the molecule is Cc1occc1C(=O)N1CCc2c(CN(C)C)cncc2C1.O=C(O)C(F)(F)F.O=C(O)C(F)(F)F. The standard InChI is InChI=1S/C17H21N3O2.2C2HF3O2/c1-12-15(5-7-22-12)17(21)20-6-4-16-13(10-19(2)3)8-18-9-14(16)11-20;2*3-2(4,5)1(6)7/h5,7-9H,4,6,10-11H2,1-3H3;2*(H,6,7). The lowest BCUT2D eigenvalue weighted by molar-refractivity contribution is -0.193. The predicted octanol–water partition coefficient (Wildman–Crippen LogP) is 3.51. The van der Waals surface area contributed by atoms with Gasteiger partial charge in [-0.25, -0.2) is 9.59 Å². The number of furan rings is 1. The normalized spacial score (nSPS) is 13.1. The molecule has 3 heterocycles. The van der Waals surface area contributed by atoms with Crippen molar-refractivity contribution < 1.29 is 55.4 Å². The minimum Gasteiger partial charge on any atom is -0.475 e. The van der Waals surface area contributed by atoms with Gasteiger partial charge in [-0.15, -0.1) is 0 Å². The van der Waals surface area contributed by atoms with Crippen molar-refractivity contribution in [3.05, 3.63) is 52.7 Å². The number of nitrogens with zero attached hydrogens (tertiary/aromatic N) is 3. The maximum absolute atomic E-state index is 12.6. The Morgan fingerprint density at radius 3 is 2.00 bits per heavy atom. The van der Waals surface area contributed by atoms with Crippen LogP contribution in [0.4, 0.5) is 26.3 Å². The predicted molar refractivity (Wildman–Crippen MR) is 111 cm³/mol. The van der Waals surface area contributed by atoms with Crippen LogP contribution in [0.25, 0.3) is 0 Å². The molecule has 2 aromatic heterocycles. The van der Waals surface area contributed by atoms with Crippen LogP contribution in [0.3, 0.4) is 0 Å². The van der Waals surface area contributed by atoms with E-state index in [1.807, 2.05) is 24.2 Å². The van der Waals surface area contributed by atoms with Crippen molar-refractivity contribution in [1.29, 1.82) is 0 Å². The first-order valence-electron chi connectivity index (χ1n) is 9.98. The summed E-state index contributed by atoms with van der Waals surface area (Å²) in [6.45, 7) is 4.06. The lowest BCUT2D eigenvalue weighted by Crippen LogP contribution is -2.36. The van der Waals surface area contributed by atoms with E-state index in [9.17, 15) is 31.1 Å². The van der Waals surface area contributed by atoms with Gasteiger partial charge in [0.2, 0.25) is 0 Å². The average molecular weight is 527 g/mol. The molecular weight excluding hydrogens is 504 g/mol. The molecule has 1 amide bonds. The lowest BCUT2D eigenvalue weighted by atomic mass is 9.96. The van der Waals surface area contributed by atoms with Crippen molar-refractivity contribution in [2.24, 2.45) is 0 Å². The minimum atomic E-state index is -5.08. The molecule has 2 aromatic rings. The number of fused-ring (bicyclic) bond motifs is 1. The van der Waals surface area contributed by atoms with Gasteiger partial charge in [0.1, 0.15) is 5.76 Å². The molecule has 1 aliphatic heterocycles. The number of pyridine rings is 1. The zero-order valence-corrected chi connectivity index (χ0v) is 19.3. The van der Waals surface area contributed by atoms with Crippen molar-refractivity contribution >= 4 is 17.8 Å². The average Bonchev–Trinajstić information content (AvgIpc) is 3.18. The second kappa shape index (κ2) is 12.4. The lowest BCUT2D eigenvalue weighted by Gasteiger charge is -2.30. The first-order chi connectivity index (χ1) is 16.4. The number of amides is 1. The zero-order valence-electron chi connectivity index (χ0n) is 19.3. The third-order valence-electron chi connectivity index (χ3n) is 4.58. The molecule has 3 rings (SSSR count). The van der Waals surface area contributed by atoms with Gasteiger partial charge in [0.05, 0.1) is 11.8 Å². The summed E-state index contributed by atoms with van der Waals surface area (Å²) in [4.78, 5) is 38.7. The molecule has 9 nitrogen and oxygen atoms in total. The third kappa shape index (κ3) is 9.20. The van der Waals surface area contributed by atoms with Crippen molar-refractivity contribution in [3.63, 3.8) is 0 Å². The number of aromatic nitrogens is 1. The highest BCUT2D eigenvalue weighted by atomic mass is 19.4. The first kappa shape index (κ1) is 30.4. The Morgan fingerprint density at radius 2 is 1.58 bits per heavy atom. The maximum Gasteiger partial charge on any atom is 0.490 e. The van der Waals surface area contributed by atoms with Crippen LogP contribution in [0.15, 0.2) is 29.1 Å². The Hall–Kier alpha value is -3.62. The summed E-state index contributed by atoms with van der Waals surface area (Å²) in [5.74, 6) is -4.80. The molecule has 0 saturated heterocycles. The van der Waals surface area contributed by atoms with E-state index >= 15 is 0 Å². The highest BCUT2D eigenvalue weighted by Gasteiger charge is 2.38. The molecule has 0 aliphatic carbocycles. The summed E-state index contributed by atoms with van der Waals surface area (Å²) in [6, 6.07) is 1.74. The molecule has 0 saturated carbocycles. The third-order valence-corrected chi connectivity index (χ3v) is 4.58. The highest BCUT2D eigenvalue weighted by molar-refractivity contribution is 5.95. The first-order valence-corrected chi connectivity index (χ1v) is 9.98. The van der Waals surface area contributed by atoms with Gasteiger partial charge in [-0.1, -0.05) is 0 Å². The van der Waals surface area contributed by atoms with Crippen LogP contribution in [-0.4, -0.2) is 75.8 Å². The number of hydrogen-bond acceptors (Lipinski definition) is 6. The number of aliphatic carboxylic acids is 2. The van der Waals surface area contributed by atoms with Crippen LogP contribution in [0, 0.1) is 6.92 Å². The Kier molecular flexibility index (Phi) is 10.5. The number of aryl methyl sites for hydroxylation is 1. The van der Waals surface area contributed by atoms with Crippen molar-refractivity contribution in [2.75, 3.05) is 20.6 Å². The second-order valence-corrected chi connectivity index (χ2v) is 7.65. The van der Waals surface area contributed by atoms with E-state index in [-0.39, 0.29) is 5.91 Å². The van der Waals surface area contributed by atoms with Gasteiger partial charge >= 0.3 is 24.3 Å². The number of carboxylic acid groups (broad SMARTS) is 2. The van der Waals surface area contributed by atoms with E-state index in [0.29, 0.717) is 17.9 Å². The van der Waals surface area contributed by atoms with Gasteiger partial charge in [0.25, 0.3) is 5.91 Å². The number of hydrogen-bond donors (Lipinski definition) is 2. The van der Waals surface area contributed by atoms with Crippen LogP contribution in [0.1, 0.15) is 32.8 Å². The molecular formula is C21H23F6N3O6. The van der Waals surface area contributed by atoms with Gasteiger partial charge in [0, 0.05) is 32.0 Å². The van der Waals surface area contributed by atoms with Crippen LogP contribution in [0.5, 0.6) is 0 Å². The van der Waals surface area contributed by atoms with Crippen molar-refractivity contribution in [1.82, 2.24) is 14.8 Å². The molecule has 36 heavy (non-hydrogen) atoms. The number of halogens is 6. The zero-order chi connectivity index (χ0) is 27.8. The number of alkyl halides is 6. The molecule has 2 N–H and O–H groups in total. The smallest absolute Gasteiger partial charge is 0.475 e. The summed E-state index contributed by atoms with van der Waals surface area (Å²) in [5, 5.41) is 14.2. The van der Waals surface area contributed by atoms with Crippen LogP contribution in [-0.2, 0) is 29.1 Å². The van der Waals surface area contributed by atoms with Crippen LogP contribution in [0.2, 0.25) is 0 Å². The second-order valence-electron chi connectivity index (χ2n) is 7.65. The number of rotatable bonds is 3. The fourth-order valence-corrected chi connectivity index (χ4v) is 3.00. The Balaban J connectivity index is 0.000000383. The van der Waals surface area contributed by atoms with E-state index in [1.165, 1.54) is 11.1 Å². The van der Waals surface area contributed by atoms with Gasteiger partial charge in [-0.05, 0) is 50.2 Å². The van der Waals surface area contributed by atoms with Crippen LogP contribution >= 0.6 is 0 Å². The van der Waals surface area contributed by atoms with E-state index in [2.05, 4.69) is 24.0 Å². The molecule has 0 radical (unpaired) electrons. The summed E-state index contributed by atoms with van der Waals surface area (Å²) in [6.07, 6.45) is -3.90. The largest absolute Gasteiger partial charge is 0.490 e. The molecule has 0 bridgehead atoms. The molecule has 0 fully saturated rings. The van der Waals surface area contributed by atoms with E-state index in [1.54, 1.807) is 12.3 Å². The van der Waals surface area contributed by atoms with E-state index in [4.69, 9.17) is 24.2 Å². The molecule has 1 aliphatic rings. The van der Waals surface area contributed by atoms with Gasteiger partial charge in [-0.3, -0.25) is 9.78 Å². The van der Waals surface area contributed by atoms with Gasteiger partial charge in [0.15, 0.2) is 0 Å². The Bertz CT molecular complexity index is 1040. The molecule has 0 aromatic carbocycles. The van der Waals surface area contributed by atoms with Crippen molar-refractivity contribution in [2.45, 2.75) is 38.8 Å². The van der Waals surface area contributed by atoms with Crippen molar-refractivity contribution in [3.8, 4) is 0 Å². The summed E-state index contributed by atoms with van der Waals surface area (Å²) >= 11 is 0. The quantitative estimate of drug-likeness (QED) is 0.582. The topological polar surface area (TPSA) is 124 Å². The fourth-order valence-electron chi connectivity index (χ4n) is 3.00. The number of carboxylic acids is 2. The Labute approximate surface area is 200 Å². The molecule has 0 unspecified atom stereocenters. The van der Waals surface area contributed by atoms with Gasteiger partial charge in [-0.2, -0.15) is 26.3 Å². The Morgan fingerprint density at radius 1 is 1.06 bits per heavy atom. The molecule has 0 spiro atoms. The summed E-state index contributed by atoms with van der Waals surface area (Å²) < 4.78 is 68.7.